The molecular formula is C33H38Cl2N8O5. The molecule has 0 saturated carbocycles. The predicted octanol–water partition coefficient (Wildman–Crippen LogP) is 6.82. The molecule has 1 aliphatic heterocycles. The highest BCUT2D eigenvalue weighted by molar-refractivity contribution is 6.45. The number of unbranched alkanes of at least 4 members (excludes halogenated alkanes) is 1. The van der Waals surface area contributed by atoms with E-state index in [0.717, 1.165) is 50.3 Å². The first-order chi connectivity index (χ1) is 23.3. The number of nitrogens with zero attached hydrogens (tertiary/aromatic N) is 4. The van der Waals surface area contributed by atoms with Gasteiger partial charge in [-0.25, -0.2) is 19.3 Å². The maximum absolute atomic E-state index is 13.1. The molecule has 0 unspecified atom stereocenters. The molecular weight excluding hydrogens is 659 g/mol. The van der Waals surface area contributed by atoms with Gasteiger partial charge in [0.15, 0.2) is 0 Å². The maximum Gasteiger partial charge on any atom is 0.324 e. The SMILES string of the molecule is CCCCc1cc(NC(=O)Nc2ccc(Oc3ccnc(NC(=O)NCCN4CCOCC4)c3)c(Cl)c2Cl)n(-c2ccc(OC)cc2)n1. The van der Waals surface area contributed by atoms with Crippen molar-refractivity contribution in [2.45, 2.75) is 26.2 Å². The van der Waals surface area contributed by atoms with Crippen molar-refractivity contribution in [3.8, 4) is 22.9 Å². The molecule has 1 saturated heterocycles. The minimum absolute atomic E-state index is 0.0867. The molecule has 2 aromatic carbocycles. The summed E-state index contributed by atoms with van der Waals surface area (Å²) in [5.41, 5.74) is 1.89. The molecule has 1 fully saturated rings. The number of nitrogens with one attached hydrogen (secondary N) is 4. The number of urea groups is 2. The number of morpholine rings is 1. The fraction of sp³-hybridized carbons (Fsp3) is 0.333. The van der Waals surface area contributed by atoms with Crippen LogP contribution < -0.4 is 30.7 Å². The summed E-state index contributed by atoms with van der Waals surface area (Å²) in [7, 11) is 1.60. The minimum Gasteiger partial charge on any atom is -0.497 e. The molecule has 0 radical (unpaired) electrons. The van der Waals surface area contributed by atoms with Gasteiger partial charge in [-0.2, -0.15) is 5.10 Å². The predicted molar refractivity (Wildman–Crippen MR) is 186 cm³/mol. The Hall–Kier alpha value is -4.56. The number of ether oxygens (including phenoxy) is 3. The number of carbonyl (C=O) groups is 2. The maximum atomic E-state index is 13.1. The molecule has 0 spiro atoms. The first-order valence-electron chi connectivity index (χ1n) is 15.6. The van der Waals surface area contributed by atoms with Crippen molar-refractivity contribution in [2.75, 3.05) is 62.5 Å². The number of aromatic nitrogens is 3. The average Bonchev–Trinajstić information content (AvgIpc) is 3.49. The Kier molecular flexibility index (Phi) is 12.3. The summed E-state index contributed by atoms with van der Waals surface area (Å²) in [6.07, 6.45) is 4.26. The van der Waals surface area contributed by atoms with Crippen molar-refractivity contribution in [1.82, 2.24) is 25.0 Å². The first kappa shape index (κ1) is 34.8. The number of rotatable bonds is 13. The van der Waals surface area contributed by atoms with Crippen molar-refractivity contribution in [3.63, 3.8) is 0 Å². The number of methoxy groups -OCH3 is 1. The zero-order valence-electron chi connectivity index (χ0n) is 26.7. The van der Waals surface area contributed by atoms with Crippen molar-refractivity contribution >= 4 is 52.6 Å². The monoisotopic (exact) mass is 696 g/mol. The van der Waals surface area contributed by atoms with Crippen LogP contribution in [-0.4, -0.2) is 78.2 Å². The standard InChI is InChI=1S/C33H38Cl2N8O5/c1-3-4-5-22-20-29(43(41-22)23-6-8-24(46-2)9-7-23)40-33(45)38-26-10-11-27(31(35)30(26)34)48-25-12-13-36-28(21-25)39-32(44)37-14-15-42-16-18-47-19-17-42/h6-13,20-21H,3-5,14-19H2,1-2H3,(H2,38,40,45)(H2,36,37,39,44). The number of hydrogen-bond donors (Lipinski definition) is 4. The van der Waals surface area contributed by atoms with Crippen LogP contribution in [0.4, 0.5) is 26.9 Å². The van der Waals surface area contributed by atoms with Crippen molar-refractivity contribution in [3.05, 3.63) is 76.5 Å². The Labute approximate surface area is 288 Å². The Morgan fingerprint density at radius 3 is 2.48 bits per heavy atom. The summed E-state index contributed by atoms with van der Waals surface area (Å²) in [5.74, 6) is 2.11. The largest absolute Gasteiger partial charge is 0.497 e. The van der Waals surface area contributed by atoms with Crippen molar-refractivity contribution < 1.29 is 23.8 Å². The molecule has 15 heteroatoms. The second-order valence-corrected chi connectivity index (χ2v) is 11.6. The summed E-state index contributed by atoms with van der Waals surface area (Å²) in [5, 5.41) is 16.0. The summed E-state index contributed by atoms with van der Waals surface area (Å²) in [4.78, 5) is 31.9. The van der Waals surface area contributed by atoms with Gasteiger partial charge in [-0.3, -0.25) is 15.5 Å². The number of hydrogen-bond acceptors (Lipinski definition) is 8. The van der Waals surface area contributed by atoms with Gasteiger partial charge in [-0.15, -0.1) is 0 Å². The Morgan fingerprint density at radius 1 is 0.938 bits per heavy atom. The fourth-order valence-corrected chi connectivity index (χ4v) is 5.29. The number of benzene rings is 2. The van der Waals surface area contributed by atoms with Gasteiger partial charge in [-0.1, -0.05) is 36.5 Å². The Morgan fingerprint density at radius 2 is 1.73 bits per heavy atom. The van der Waals surface area contributed by atoms with Gasteiger partial charge in [0.1, 0.15) is 33.9 Å². The summed E-state index contributed by atoms with van der Waals surface area (Å²) >= 11 is 13.1. The van der Waals surface area contributed by atoms with E-state index in [0.29, 0.717) is 42.9 Å². The van der Waals surface area contributed by atoms with E-state index in [1.807, 2.05) is 30.3 Å². The van der Waals surface area contributed by atoms with E-state index < -0.39 is 6.03 Å². The third-order valence-electron chi connectivity index (χ3n) is 7.42. The van der Waals surface area contributed by atoms with Gasteiger partial charge in [-0.05, 0) is 55.3 Å². The van der Waals surface area contributed by atoms with Gasteiger partial charge in [0.05, 0.1) is 42.4 Å². The second kappa shape index (κ2) is 17.0. The lowest BCUT2D eigenvalue weighted by Gasteiger charge is -2.26. The average molecular weight is 698 g/mol. The van der Waals surface area contributed by atoms with Gasteiger partial charge in [0.25, 0.3) is 0 Å². The molecule has 254 valence electrons. The number of aryl methyl sites for hydroxylation is 1. The summed E-state index contributed by atoms with van der Waals surface area (Å²) in [6, 6.07) is 14.6. The van der Waals surface area contributed by atoms with Crippen molar-refractivity contribution in [1.29, 1.82) is 0 Å². The van der Waals surface area contributed by atoms with Crippen LogP contribution in [0.25, 0.3) is 5.69 Å². The van der Waals surface area contributed by atoms with E-state index in [1.165, 1.54) is 6.20 Å². The van der Waals surface area contributed by atoms with E-state index in [-0.39, 0.29) is 27.5 Å². The third kappa shape index (κ3) is 9.50. The third-order valence-corrected chi connectivity index (χ3v) is 8.28. The van der Waals surface area contributed by atoms with E-state index in [1.54, 1.807) is 36.1 Å². The highest BCUT2D eigenvalue weighted by Gasteiger charge is 2.17. The normalized spacial score (nSPS) is 13.1. The number of halogens is 2. The lowest BCUT2D eigenvalue weighted by Crippen LogP contribution is -2.42. The van der Waals surface area contributed by atoms with Crippen LogP contribution in [0.15, 0.2) is 60.8 Å². The summed E-state index contributed by atoms with van der Waals surface area (Å²) < 4.78 is 18.2. The molecule has 13 nitrogen and oxygen atoms in total. The zero-order chi connectivity index (χ0) is 33.9. The van der Waals surface area contributed by atoms with Crippen LogP contribution >= 0.6 is 23.2 Å². The molecule has 4 amide bonds. The van der Waals surface area contributed by atoms with Gasteiger partial charge < -0.3 is 24.8 Å². The van der Waals surface area contributed by atoms with E-state index in [4.69, 9.17) is 42.5 Å². The molecule has 5 rings (SSSR count). The first-order valence-corrected chi connectivity index (χ1v) is 16.4. The van der Waals surface area contributed by atoms with Gasteiger partial charge in [0.2, 0.25) is 0 Å². The quantitative estimate of drug-likeness (QED) is 0.119. The van der Waals surface area contributed by atoms with Crippen LogP contribution in [0.3, 0.4) is 0 Å². The lowest BCUT2D eigenvalue weighted by atomic mass is 10.2. The molecule has 48 heavy (non-hydrogen) atoms. The Balaban J connectivity index is 1.20. The van der Waals surface area contributed by atoms with Crippen molar-refractivity contribution in [2.24, 2.45) is 0 Å². The fourth-order valence-electron chi connectivity index (χ4n) is 4.88. The molecule has 4 N–H and O–H groups in total. The molecule has 1 aliphatic rings. The highest BCUT2D eigenvalue weighted by atomic mass is 35.5. The minimum atomic E-state index is -0.536. The number of anilines is 3. The molecule has 0 aliphatic carbocycles. The van der Waals surface area contributed by atoms with Crippen LogP contribution in [0.2, 0.25) is 10.0 Å². The summed E-state index contributed by atoms with van der Waals surface area (Å²) in [6.45, 7) is 6.42. The molecule has 2 aromatic heterocycles. The lowest BCUT2D eigenvalue weighted by molar-refractivity contribution is 0.0388. The number of carbonyl (C=O) groups excluding carboxylic acids is 2. The molecule has 3 heterocycles. The van der Waals surface area contributed by atoms with Crippen LogP contribution in [-0.2, 0) is 11.2 Å². The van der Waals surface area contributed by atoms with E-state index >= 15 is 0 Å². The molecule has 0 bridgehead atoms. The number of pyridine rings is 1. The van der Waals surface area contributed by atoms with Gasteiger partial charge in [0, 0.05) is 44.5 Å². The van der Waals surface area contributed by atoms with Crippen LogP contribution in [0.5, 0.6) is 17.2 Å². The zero-order valence-corrected chi connectivity index (χ0v) is 28.2. The highest BCUT2D eigenvalue weighted by Crippen LogP contribution is 2.39. The topological polar surface area (TPSA) is 144 Å². The van der Waals surface area contributed by atoms with Crippen LogP contribution in [0, 0.1) is 0 Å². The molecule has 4 aromatic rings. The molecule has 0 atom stereocenters. The van der Waals surface area contributed by atoms with E-state index in [2.05, 4.69) is 38.1 Å². The Bertz CT molecular complexity index is 1700. The second-order valence-electron chi connectivity index (χ2n) is 10.9. The number of amides is 4. The smallest absolute Gasteiger partial charge is 0.324 e. The van der Waals surface area contributed by atoms with Gasteiger partial charge >= 0.3 is 12.1 Å². The van der Waals surface area contributed by atoms with E-state index in [9.17, 15) is 9.59 Å². The van der Waals surface area contributed by atoms with Crippen LogP contribution in [0.1, 0.15) is 25.5 Å².